The molecule has 100 valence electrons. The molecule has 0 radical (unpaired) electrons. The van der Waals surface area contributed by atoms with Gasteiger partial charge in [-0.1, -0.05) is 23.7 Å². The lowest BCUT2D eigenvalue weighted by atomic mass is 10.2. The normalized spacial score (nSPS) is 15.2. The van der Waals surface area contributed by atoms with Crippen molar-refractivity contribution in [2.24, 2.45) is 0 Å². The van der Waals surface area contributed by atoms with Crippen LogP contribution in [-0.2, 0) is 0 Å². The predicted octanol–water partition coefficient (Wildman–Crippen LogP) is 3.74. The molecule has 1 fully saturated rings. The Labute approximate surface area is 118 Å². The Morgan fingerprint density at radius 2 is 1.68 bits per heavy atom. The zero-order valence-electron chi connectivity index (χ0n) is 11.4. The van der Waals surface area contributed by atoms with Crippen LogP contribution in [0, 0.1) is 13.8 Å². The number of rotatable bonds is 2. The summed E-state index contributed by atoms with van der Waals surface area (Å²) in [6.45, 7) is 6.22. The van der Waals surface area contributed by atoms with Gasteiger partial charge in [-0.15, -0.1) is 0 Å². The van der Waals surface area contributed by atoms with Crippen molar-refractivity contribution in [2.75, 3.05) is 18.0 Å². The highest BCUT2D eigenvalue weighted by Gasteiger charge is 2.19. The minimum Gasteiger partial charge on any atom is -0.370 e. The van der Waals surface area contributed by atoms with Gasteiger partial charge in [0.1, 0.15) is 0 Å². The number of benzene rings is 1. The van der Waals surface area contributed by atoms with E-state index >= 15 is 0 Å². The maximum Gasteiger partial charge on any atom is 0.0882 e. The lowest BCUT2D eigenvalue weighted by Gasteiger charge is -2.21. The molecule has 19 heavy (non-hydrogen) atoms. The first-order valence-corrected chi connectivity index (χ1v) is 7.12. The molecular weight excluding hydrogens is 258 g/mol. The number of para-hydroxylation sites is 2. The molecule has 0 spiro atoms. The molecular formula is C15H18ClN3. The highest BCUT2D eigenvalue weighted by atomic mass is 35.5. The van der Waals surface area contributed by atoms with E-state index in [1.807, 2.05) is 18.5 Å². The first-order chi connectivity index (χ1) is 9.18. The van der Waals surface area contributed by atoms with E-state index in [0.717, 1.165) is 35.2 Å². The Bertz CT molecular complexity index is 597. The van der Waals surface area contributed by atoms with Gasteiger partial charge in [0.25, 0.3) is 0 Å². The van der Waals surface area contributed by atoms with Gasteiger partial charge in [-0.3, -0.25) is 0 Å². The molecule has 4 heteroatoms. The van der Waals surface area contributed by atoms with E-state index in [4.69, 9.17) is 11.6 Å². The molecule has 2 aromatic rings. The molecule has 0 bridgehead atoms. The maximum absolute atomic E-state index is 6.26. The van der Waals surface area contributed by atoms with Crippen molar-refractivity contribution >= 4 is 17.3 Å². The number of nitrogens with zero attached hydrogens (tertiary/aromatic N) is 3. The number of hydrogen-bond acceptors (Lipinski definition) is 2. The molecule has 1 aliphatic rings. The van der Waals surface area contributed by atoms with Crippen LogP contribution in [0.25, 0.3) is 5.69 Å². The zero-order chi connectivity index (χ0) is 13.4. The third kappa shape index (κ3) is 2.12. The monoisotopic (exact) mass is 275 g/mol. The van der Waals surface area contributed by atoms with E-state index in [-0.39, 0.29) is 0 Å². The van der Waals surface area contributed by atoms with Gasteiger partial charge >= 0.3 is 0 Å². The molecule has 3 nitrogen and oxygen atoms in total. The number of anilines is 1. The van der Waals surface area contributed by atoms with Gasteiger partial charge in [0.2, 0.25) is 0 Å². The Kier molecular flexibility index (Phi) is 3.23. The number of halogens is 1. The average Bonchev–Trinajstić information content (AvgIpc) is 3.04. The topological polar surface area (TPSA) is 21.1 Å². The van der Waals surface area contributed by atoms with Crippen LogP contribution in [0.3, 0.4) is 0 Å². The summed E-state index contributed by atoms with van der Waals surface area (Å²) in [6.07, 6.45) is 2.54. The molecule has 1 aromatic heterocycles. The van der Waals surface area contributed by atoms with E-state index in [1.54, 1.807) is 0 Å². The molecule has 2 heterocycles. The number of aryl methyl sites for hydroxylation is 1. The summed E-state index contributed by atoms with van der Waals surface area (Å²) in [6, 6.07) is 8.43. The lowest BCUT2D eigenvalue weighted by Crippen LogP contribution is -2.20. The fourth-order valence-electron chi connectivity index (χ4n) is 2.73. The van der Waals surface area contributed by atoms with Crippen LogP contribution < -0.4 is 4.90 Å². The third-order valence-electron chi connectivity index (χ3n) is 3.76. The van der Waals surface area contributed by atoms with Crippen molar-refractivity contribution in [1.82, 2.24) is 9.78 Å². The highest BCUT2D eigenvalue weighted by Crippen LogP contribution is 2.30. The van der Waals surface area contributed by atoms with Crippen LogP contribution in [0.15, 0.2) is 24.3 Å². The lowest BCUT2D eigenvalue weighted by molar-refractivity contribution is 0.823. The molecule has 0 unspecified atom stereocenters. The molecule has 1 aromatic carbocycles. The van der Waals surface area contributed by atoms with Gasteiger partial charge in [0.05, 0.1) is 27.8 Å². The second kappa shape index (κ2) is 4.89. The molecule has 3 rings (SSSR count). The maximum atomic E-state index is 6.26. The standard InChI is InChI=1S/C15H18ClN3/c1-11-15(16)12(2)19(17-11)14-8-4-3-7-13(14)18-9-5-6-10-18/h3-4,7-8H,5-6,9-10H2,1-2H3. The smallest absolute Gasteiger partial charge is 0.0882 e. The van der Waals surface area contributed by atoms with Crippen LogP contribution >= 0.6 is 11.6 Å². The number of aromatic nitrogens is 2. The van der Waals surface area contributed by atoms with Crippen LogP contribution in [0.2, 0.25) is 5.02 Å². The molecule has 0 aliphatic carbocycles. The van der Waals surface area contributed by atoms with Crippen molar-refractivity contribution in [1.29, 1.82) is 0 Å². The second-order valence-corrected chi connectivity index (χ2v) is 5.46. The summed E-state index contributed by atoms with van der Waals surface area (Å²) in [5, 5.41) is 5.33. The summed E-state index contributed by atoms with van der Waals surface area (Å²) in [4.78, 5) is 2.43. The van der Waals surface area contributed by atoms with E-state index in [9.17, 15) is 0 Å². The van der Waals surface area contributed by atoms with Crippen LogP contribution in [0.4, 0.5) is 5.69 Å². The molecule has 0 atom stereocenters. The highest BCUT2D eigenvalue weighted by molar-refractivity contribution is 6.31. The first-order valence-electron chi connectivity index (χ1n) is 6.74. The van der Waals surface area contributed by atoms with Gasteiger partial charge in [0.15, 0.2) is 0 Å². The summed E-state index contributed by atoms with van der Waals surface area (Å²) in [5.41, 5.74) is 4.26. The largest absolute Gasteiger partial charge is 0.370 e. The average molecular weight is 276 g/mol. The molecule has 0 amide bonds. The van der Waals surface area contributed by atoms with E-state index in [1.165, 1.54) is 18.5 Å². The van der Waals surface area contributed by atoms with Gasteiger partial charge < -0.3 is 4.90 Å². The Balaban J connectivity index is 2.11. The van der Waals surface area contributed by atoms with Crippen molar-refractivity contribution in [3.05, 3.63) is 40.7 Å². The Morgan fingerprint density at radius 3 is 2.26 bits per heavy atom. The quantitative estimate of drug-likeness (QED) is 0.832. The molecule has 0 N–H and O–H groups in total. The zero-order valence-corrected chi connectivity index (χ0v) is 12.1. The van der Waals surface area contributed by atoms with Gasteiger partial charge in [-0.05, 0) is 38.8 Å². The fourth-order valence-corrected chi connectivity index (χ4v) is 2.84. The van der Waals surface area contributed by atoms with Gasteiger partial charge in [0, 0.05) is 13.1 Å². The fraction of sp³-hybridized carbons (Fsp3) is 0.400. The SMILES string of the molecule is Cc1nn(-c2ccccc2N2CCCC2)c(C)c1Cl. The third-order valence-corrected chi connectivity index (χ3v) is 4.31. The van der Waals surface area contributed by atoms with Crippen molar-refractivity contribution in [2.45, 2.75) is 26.7 Å². The van der Waals surface area contributed by atoms with Gasteiger partial charge in [-0.25, -0.2) is 4.68 Å². The summed E-state index contributed by atoms with van der Waals surface area (Å²) in [5.74, 6) is 0. The van der Waals surface area contributed by atoms with Crippen LogP contribution in [-0.4, -0.2) is 22.9 Å². The Hall–Kier alpha value is -1.48. The minimum absolute atomic E-state index is 0.760. The van der Waals surface area contributed by atoms with Crippen molar-refractivity contribution in [3.8, 4) is 5.69 Å². The molecule has 0 saturated carbocycles. The van der Waals surface area contributed by atoms with E-state index in [0.29, 0.717) is 0 Å². The van der Waals surface area contributed by atoms with Crippen LogP contribution in [0.1, 0.15) is 24.2 Å². The van der Waals surface area contributed by atoms with Crippen molar-refractivity contribution < 1.29 is 0 Å². The molecule has 1 saturated heterocycles. The summed E-state index contributed by atoms with van der Waals surface area (Å²) < 4.78 is 1.96. The summed E-state index contributed by atoms with van der Waals surface area (Å²) in [7, 11) is 0. The van der Waals surface area contributed by atoms with E-state index in [2.05, 4.69) is 34.3 Å². The Morgan fingerprint density at radius 1 is 1.05 bits per heavy atom. The minimum atomic E-state index is 0.760. The second-order valence-electron chi connectivity index (χ2n) is 5.08. The summed E-state index contributed by atoms with van der Waals surface area (Å²) >= 11 is 6.26. The first kappa shape index (κ1) is 12.5. The molecule has 1 aliphatic heterocycles. The number of hydrogen-bond donors (Lipinski definition) is 0. The van der Waals surface area contributed by atoms with E-state index < -0.39 is 0 Å². The van der Waals surface area contributed by atoms with Crippen LogP contribution in [0.5, 0.6) is 0 Å². The predicted molar refractivity (Wildman–Crippen MR) is 79.5 cm³/mol. The van der Waals surface area contributed by atoms with Gasteiger partial charge in [-0.2, -0.15) is 5.10 Å². The van der Waals surface area contributed by atoms with Crippen molar-refractivity contribution in [3.63, 3.8) is 0 Å².